The molecule has 6 heteroatoms. The van der Waals surface area contributed by atoms with Gasteiger partial charge < -0.3 is 16.0 Å². The molecule has 1 heterocycles. The quantitative estimate of drug-likeness (QED) is 0.390. The summed E-state index contributed by atoms with van der Waals surface area (Å²) < 4.78 is 0. The van der Waals surface area contributed by atoms with Gasteiger partial charge in [-0.3, -0.25) is 9.79 Å². The lowest BCUT2D eigenvalue weighted by Gasteiger charge is -2.12. The highest BCUT2D eigenvalue weighted by atomic mass is 16.1. The molecule has 3 N–H and O–H groups in total. The Kier molecular flexibility index (Phi) is 8.72. The number of aryl methyl sites for hydroxylation is 1. The lowest BCUT2D eigenvalue weighted by Crippen LogP contribution is -2.39. The fraction of sp³-hybridized carbons (Fsp3) is 0.588. The molecule has 6 nitrogen and oxygen atoms in total. The Morgan fingerprint density at radius 2 is 2.00 bits per heavy atom. The highest BCUT2D eigenvalue weighted by molar-refractivity contribution is 5.90. The molecule has 0 saturated carbocycles. The molecule has 0 fully saturated rings. The predicted octanol–water partition coefficient (Wildman–Crippen LogP) is 2.32. The molecule has 1 amide bonds. The minimum atomic E-state index is -0.0640. The number of aliphatic imine (C=N–C) groups is 1. The monoisotopic (exact) mass is 319 g/mol. The number of amides is 1. The van der Waals surface area contributed by atoms with Crippen LogP contribution in [0.25, 0.3) is 0 Å². The second kappa shape index (κ2) is 10.6. The Morgan fingerprint density at radius 3 is 2.65 bits per heavy atom. The zero-order valence-electron chi connectivity index (χ0n) is 14.6. The summed E-state index contributed by atoms with van der Waals surface area (Å²) in [7, 11) is 1.73. The third kappa shape index (κ3) is 8.80. The number of carbonyl (C=O) groups excluding carboxylic acids is 1. The number of aromatic nitrogens is 1. The van der Waals surface area contributed by atoms with Crippen molar-refractivity contribution in [2.45, 2.75) is 40.0 Å². The first-order valence-corrected chi connectivity index (χ1v) is 8.19. The zero-order chi connectivity index (χ0) is 17.1. The van der Waals surface area contributed by atoms with Crippen molar-refractivity contribution in [3.8, 4) is 0 Å². The van der Waals surface area contributed by atoms with Crippen LogP contribution in [-0.4, -0.2) is 37.0 Å². The number of carbonyl (C=O) groups is 1. The van der Waals surface area contributed by atoms with E-state index in [-0.39, 0.29) is 5.91 Å². The van der Waals surface area contributed by atoms with Crippen molar-refractivity contribution < 1.29 is 4.79 Å². The summed E-state index contributed by atoms with van der Waals surface area (Å²) in [6.07, 6.45) is 2.66. The van der Waals surface area contributed by atoms with Gasteiger partial charge in [-0.1, -0.05) is 19.9 Å². The van der Waals surface area contributed by atoms with Crippen LogP contribution < -0.4 is 16.0 Å². The van der Waals surface area contributed by atoms with Gasteiger partial charge in [0, 0.05) is 32.3 Å². The highest BCUT2D eigenvalue weighted by Crippen LogP contribution is 2.04. The Balaban J connectivity index is 2.22. The van der Waals surface area contributed by atoms with Crippen molar-refractivity contribution in [1.82, 2.24) is 15.6 Å². The number of hydrogen-bond donors (Lipinski definition) is 3. The maximum absolute atomic E-state index is 11.9. The van der Waals surface area contributed by atoms with Gasteiger partial charge in [-0.2, -0.15) is 0 Å². The highest BCUT2D eigenvalue weighted by Gasteiger charge is 2.04. The molecule has 0 aliphatic heterocycles. The van der Waals surface area contributed by atoms with Crippen molar-refractivity contribution in [2.24, 2.45) is 10.9 Å². The minimum absolute atomic E-state index is 0.0640. The molecule has 0 unspecified atom stereocenters. The molecule has 0 aliphatic rings. The van der Waals surface area contributed by atoms with E-state index in [9.17, 15) is 4.79 Å². The van der Waals surface area contributed by atoms with Crippen LogP contribution in [0.3, 0.4) is 0 Å². The first-order chi connectivity index (χ1) is 11.0. The van der Waals surface area contributed by atoms with Crippen LogP contribution in [-0.2, 0) is 4.79 Å². The first kappa shape index (κ1) is 18.9. The summed E-state index contributed by atoms with van der Waals surface area (Å²) in [4.78, 5) is 20.3. The van der Waals surface area contributed by atoms with E-state index in [1.165, 1.54) is 6.42 Å². The van der Waals surface area contributed by atoms with Gasteiger partial charge in [-0.05, 0) is 37.8 Å². The SMILES string of the molecule is CN=C(NCCCC(C)C)NCCC(=O)Nc1cccc(C)n1. The normalized spacial score (nSPS) is 11.4. The number of hydrogen-bond acceptors (Lipinski definition) is 3. The molecule has 0 saturated heterocycles. The minimum Gasteiger partial charge on any atom is -0.356 e. The number of guanidine groups is 1. The van der Waals surface area contributed by atoms with Crippen molar-refractivity contribution in [1.29, 1.82) is 0 Å². The predicted molar refractivity (Wildman–Crippen MR) is 95.7 cm³/mol. The molecule has 1 rings (SSSR count). The Hall–Kier alpha value is -2.11. The summed E-state index contributed by atoms with van der Waals surface area (Å²) >= 11 is 0. The van der Waals surface area contributed by atoms with E-state index in [0.29, 0.717) is 24.7 Å². The molecule has 0 bridgehead atoms. The second-order valence-corrected chi connectivity index (χ2v) is 5.92. The number of nitrogens with zero attached hydrogens (tertiary/aromatic N) is 2. The summed E-state index contributed by atoms with van der Waals surface area (Å²) in [6.45, 7) is 7.74. The average Bonchev–Trinajstić information content (AvgIpc) is 2.49. The fourth-order valence-electron chi connectivity index (χ4n) is 2.05. The summed E-state index contributed by atoms with van der Waals surface area (Å²) in [6, 6.07) is 5.55. The number of rotatable bonds is 8. The Bertz CT molecular complexity index is 513. The van der Waals surface area contributed by atoms with E-state index in [4.69, 9.17) is 0 Å². The smallest absolute Gasteiger partial charge is 0.227 e. The number of pyridine rings is 1. The van der Waals surface area contributed by atoms with Crippen molar-refractivity contribution >= 4 is 17.7 Å². The topological polar surface area (TPSA) is 78.4 Å². The molecular formula is C17H29N5O. The van der Waals surface area contributed by atoms with Gasteiger partial charge >= 0.3 is 0 Å². The van der Waals surface area contributed by atoms with Crippen LogP contribution >= 0.6 is 0 Å². The molecule has 0 radical (unpaired) electrons. The molecule has 0 spiro atoms. The van der Waals surface area contributed by atoms with E-state index < -0.39 is 0 Å². The van der Waals surface area contributed by atoms with E-state index in [0.717, 1.165) is 24.6 Å². The third-order valence-electron chi connectivity index (χ3n) is 3.27. The van der Waals surface area contributed by atoms with Gasteiger partial charge in [0.2, 0.25) is 5.91 Å². The van der Waals surface area contributed by atoms with Gasteiger partial charge in [-0.25, -0.2) is 4.98 Å². The van der Waals surface area contributed by atoms with E-state index in [1.807, 2.05) is 19.1 Å². The molecule has 0 atom stereocenters. The Labute approximate surface area is 139 Å². The lowest BCUT2D eigenvalue weighted by atomic mass is 10.1. The maximum atomic E-state index is 11.9. The number of nitrogens with one attached hydrogen (secondary N) is 3. The first-order valence-electron chi connectivity index (χ1n) is 8.19. The van der Waals surface area contributed by atoms with E-state index >= 15 is 0 Å². The molecule has 0 aromatic carbocycles. The van der Waals surface area contributed by atoms with Gasteiger partial charge in [0.1, 0.15) is 5.82 Å². The summed E-state index contributed by atoms with van der Waals surface area (Å²) in [5.41, 5.74) is 0.881. The van der Waals surface area contributed by atoms with Crippen molar-refractivity contribution in [3.63, 3.8) is 0 Å². The molecule has 23 heavy (non-hydrogen) atoms. The summed E-state index contributed by atoms with van der Waals surface area (Å²) in [5, 5.41) is 9.18. The standard InChI is InChI=1S/C17H29N5O/c1-13(2)7-6-11-19-17(18-4)20-12-10-16(23)22-15-9-5-8-14(3)21-15/h5,8-9,13H,6-7,10-12H2,1-4H3,(H2,18,19,20)(H,21,22,23). The van der Waals surface area contributed by atoms with Gasteiger partial charge in [0.05, 0.1) is 0 Å². The molecule has 0 aliphatic carbocycles. The van der Waals surface area contributed by atoms with Crippen LogP contribution in [0, 0.1) is 12.8 Å². The van der Waals surface area contributed by atoms with E-state index in [1.54, 1.807) is 13.1 Å². The largest absolute Gasteiger partial charge is 0.356 e. The second-order valence-electron chi connectivity index (χ2n) is 5.92. The van der Waals surface area contributed by atoms with Crippen LogP contribution in [0.5, 0.6) is 0 Å². The van der Waals surface area contributed by atoms with Crippen LogP contribution in [0.2, 0.25) is 0 Å². The van der Waals surface area contributed by atoms with Crippen LogP contribution in [0.4, 0.5) is 5.82 Å². The van der Waals surface area contributed by atoms with Crippen molar-refractivity contribution in [3.05, 3.63) is 23.9 Å². The van der Waals surface area contributed by atoms with E-state index in [2.05, 4.69) is 39.8 Å². The third-order valence-corrected chi connectivity index (χ3v) is 3.27. The molecule has 1 aromatic heterocycles. The lowest BCUT2D eigenvalue weighted by molar-refractivity contribution is -0.116. The molecule has 128 valence electrons. The Morgan fingerprint density at radius 1 is 1.26 bits per heavy atom. The van der Waals surface area contributed by atoms with Crippen LogP contribution in [0.15, 0.2) is 23.2 Å². The van der Waals surface area contributed by atoms with Crippen molar-refractivity contribution in [2.75, 3.05) is 25.5 Å². The maximum Gasteiger partial charge on any atom is 0.227 e. The average molecular weight is 319 g/mol. The zero-order valence-corrected chi connectivity index (χ0v) is 14.6. The van der Waals surface area contributed by atoms with Gasteiger partial charge in [0.25, 0.3) is 0 Å². The molecular weight excluding hydrogens is 290 g/mol. The molecule has 1 aromatic rings. The van der Waals surface area contributed by atoms with Gasteiger partial charge in [0.15, 0.2) is 5.96 Å². The number of anilines is 1. The van der Waals surface area contributed by atoms with Gasteiger partial charge in [-0.15, -0.1) is 0 Å². The summed E-state index contributed by atoms with van der Waals surface area (Å²) in [5.74, 6) is 1.97. The van der Waals surface area contributed by atoms with Crippen LogP contribution in [0.1, 0.15) is 38.8 Å². The fourth-order valence-corrected chi connectivity index (χ4v) is 2.05.